The fraction of sp³-hybridized carbons (Fsp3) is 0.273. The first-order valence-electron chi connectivity index (χ1n) is 9.84. The molecule has 9 heteroatoms. The summed E-state index contributed by atoms with van der Waals surface area (Å²) in [5.74, 6) is -2.59. The van der Waals surface area contributed by atoms with Crippen molar-refractivity contribution in [1.29, 1.82) is 0 Å². The Morgan fingerprint density at radius 1 is 0.871 bits per heavy atom. The first-order chi connectivity index (χ1) is 14.9. The summed E-state index contributed by atoms with van der Waals surface area (Å²) in [5.41, 5.74) is 0.388. The first kappa shape index (κ1) is 21.0. The van der Waals surface area contributed by atoms with Crippen LogP contribution in [0.5, 0.6) is 0 Å². The minimum atomic E-state index is -0.694. The van der Waals surface area contributed by atoms with Gasteiger partial charge in [0.25, 0.3) is 17.7 Å². The van der Waals surface area contributed by atoms with Gasteiger partial charge < -0.3 is 9.80 Å². The summed E-state index contributed by atoms with van der Waals surface area (Å²) >= 11 is 6.00. The lowest BCUT2D eigenvalue weighted by Gasteiger charge is -2.24. The van der Waals surface area contributed by atoms with E-state index in [9.17, 15) is 23.6 Å². The Morgan fingerprint density at radius 2 is 1.48 bits per heavy atom. The van der Waals surface area contributed by atoms with Crippen LogP contribution in [-0.2, 0) is 4.79 Å². The molecule has 2 aromatic carbocycles. The van der Waals surface area contributed by atoms with Gasteiger partial charge in [-0.3, -0.25) is 24.1 Å². The Kier molecular flexibility index (Phi) is 5.73. The largest absolute Gasteiger partial charge is 0.339 e. The summed E-state index contributed by atoms with van der Waals surface area (Å²) in [7, 11) is 0. The van der Waals surface area contributed by atoms with Crippen LogP contribution in [0.25, 0.3) is 0 Å². The van der Waals surface area contributed by atoms with Crippen LogP contribution in [0.15, 0.2) is 42.5 Å². The summed E-state index contributed by atoms with van der Waals surface area (Å²) in [4.78, 5) is 54.5. The van der Waals surface area contributed by atoms with Gasteiger partial charge in [0.1, 0.15) is 12.4 Å². The molecule has 2 aliphatic rings. The van der Waals surface area contributed by atoms with Crippen molar-refractivity contribution in [1.82, 2.24) is 14.7 Å². The molecule has 0 aromatic heterocycles. The third-order valence-corrected chi connectivity index (χ3v) is 5.80. The van der Waals surface area contributed by atoms with Crippen LogP contribution in [-0.4, -0.2) is 71.1 Å². The highest BCUT2D eigenvalue weighted by atomic mass is 35.5. The molecule has 160 valence electrons. The molecular weight excluding hydrogens is 425 g/mol. The second-order valence-corrected chi connectivity index (χ2v) is 7.77. The molecule has 0 atom stereocenters. The van der Waals surface area contributed by atoms with Crippen molar-refractivity contribution >= 4 is 35.2 Å². The number of halogens is 2. The van der Waals surface area contributed by atoms with E-state index in [1.165, 1.54) is 28.0 Å². The second-order valence-electron chi connectivity index (χ2n) is 7.37. The maximum atomic E-state index is 14.1. The molecule has 2 heterocycles. The van der Waals surface area contributed by atoms with E-state index in [1.807, 2.05) is 0 Å². The van der Waals surface area contributed by atoms with Gasteiger partial charge in [0.15, 0.2) is 0 Å². The quantitative estimate of drug-likeness (QED) is 0.683. The molecule has 1 fully saturated rings. The molecule has 2 aliphatic heterocycles. The van der Waals surface area contributed by atoms with Crippen LogP contribution < -0.4 is 0 Å². The fourth-order valence-electron chi connectivity index (χ4n) is 3.85. The molecule has 0 unspecified atom stereocenters. The van der Waals surface area contributed by atoms with Gasteiger partial charge in [-0.1, -0.05) is 29.8 Å². The van der Waals surface area contributed by atoms with Crippen LogP contribution in [0.1, 0.15) is 37.5 Å². The summed E-state index contributed by atoms with van der Waals surface area (Å²) < 4.78 is 14.1. The summed E-state index contributed by atoms with van der Waals surface area (Å²) in [6.45, 7) is 0.730. The van der Waals surface area contributed by atoms with Crippen LogP contribution in [0, 0.1) is 5.82 Å². The third kappa shape index (κ3) is 3.90. The van der Waals surface area contributed by atoms with E-state index in [2.05, 4.69) is 0 Å². The van der Waals surface area contributed by atoms with Crippen LogP contribution in [0.4, 0.5) is 4.39 Å². The lowest BCUT2D eigenvalue weighted by Crippen LogP contribution is -2.44. The smallest absolute Gasteiger partial charge is 0.262 e. The van der Waals surface area contributed by atoms with Gasteiger partial charge >= 0.3 is 0 Å². The molecule has 2 aromatic rings. The Labute approximate surface area is 183 Å². The van der Waals surface area contributed by atoms with Gasteiger partial charge in [-0.2, -0.15) is 0 Å². The standard InChI is InChI=1S/C22H19ClFN3O4/c23-16-7-3-8-17(24)19(16)22(31)26-10-4-9-25(11-12-26)18(28)13-27-20(29)14-5-1-2-6-15(14)21(27)30/h1-3,5-8H,4,9-13H2. The van der Waals surface area contributed by atoms with Crippen LogP contribution in [0.3, 0.4) is 0 Å². The van der Waals surface area contributed by atoms with Gasteiger partial charge in [-0.05, 0) is 30.7 Å². The molecule has 1 saturated heterocycles. The number of hydrogen-bond donors (Lipinski definition) is 0. The Balaban J connectivity index is 1.41. The summed E-state index contributed by atoms with van der Waals surface area (Å²) in [5, 5.41) is 0.0350. The first-order valence-corrected chi connectivity index (χ1v) is 10.2. The molecule has 0 saturated carbocycles. The van der Waals surface area contributed by atoms with E-state index in [0.29, 0.717) is 19.5 Å². The molecule has 4 amide bonds. The lowest BCUT2D eigenvalue weighted by molar-refractivity contribution is -0.131. The van der Waals surface area contributed by atoms with Gasteiger partial charge in [0.05, 0.1) is 21.7 Å². The molecule has 4 rings (SSSR count). The third-order valence-electron chi connectivity index (χ3n) is 5.48. The van der Waals surface area contributed by atoms with E-state index in [4.69, 9.17) is 11.6 Å². The van der Waals surface area contributed by atoms with Gasteiger partial charge in [-0.25, -0.2) is 4.39 Å². The van der Waals surface area contributed by atoms with E-state index in [0.717, 1.165) is 4.90 Å². The number of nitrogens with zero attached hydrogens (tertiary/aromatic N) is 3. The number of amides is 4. The summed E-state index contributed by atoms with van der Waals surface area (Å²) in [6, 6.07) is 10.5. The second kappa shape index (κ2) is 8.47. The molecule has 0 spiro atoms. The van der Waals surface area contributed by atoms with Crippen molar-refractivity contribution in [3.8, 4) is 0 Å². The van der Waals surface area contributed by atoms with Gasteiger partial charge in [-0.15, -0.1) is 0 Å². The maximum Gasteiger partial charge on any atom is 0.262 e. The highest BCUT2D eigenvalue weighted by molar-refractivity contribution is 6.33. The van der Waals surface area contributed by atoms with E-state index in [1.54, 1.807) is 24.3 Å². The fourth-order valence-corrected chi connectivity index (χ4v) is 4.09. The van der Waals surface area contributed by atoms with E-state index < -0.39 is 23.5 Å². The average molecular weight is 444 g/mol. The number of fused-ring (bicyclic) bond motifs is 1. The SMILES string of the molecule is O=C(CN1C(=O)c2ccccc2C1=O)N1CCCN(C(=O)c2c(F)cccc2Cl)CC1. The Hall–Kier alpha value is -3.26. The average Bonchev–Trinajstić information content (AvgIpc) is 2.93. The number of carbonyl (C=O) groups is 4. The maximum absolute atomic E-state index is 14.1. The Morgan fingerprint density at radius 3 is 2.13 bits per heavy atom. The highest BCUT2D eigenvalue weighted by Crippen LogP contribution is 2.23. The van der Waals surface area contributed by atoms with Crippen molar-refractivity contribution in [2.24, 2.45) is 0 Å². The molecule has 0 aliphatic carbocycles. The number of carbonyl (C=O) groups excluding carboxylic acids is 4. The predicted octanol–water partition coefficient (Wildman–Crippen LogP) is 2.45. The van der Waals surface area contributed by atoms with Crippen molar-refractivity contribution in [3.05, 3.63) is 70.0 Å². The zero-order valence-corrected chi connectivity index (χ0v) is 17.3. The van der Waals surface area contributed by atoms with Crippen molar-refractivity contribution in [3.63, 3.8) is 0 Å². The summed E-state index contributed by atoms with van der Waals surface area (Å²) in [6.07, 6.45) is 0.478. The van der Waals surface area contributed by atoms with E-state index >= 15 is 0 Å². The van der Waals surface area contributed by atoms with Crippen molar-refractivity contribution in [2.45, 2.75) is 6.42 Å². The topological polar surface area (TPSA) is 78.0 Å². The normalized spacial score (nSPS) is 16.4. The highest BCUT2D eigenvalue weighted by Gasteiger charge is 2.37. The van der Waals surface area contributed by atoms with E-state index in [-0.39, 0.29) is 47.3 Å². The van der Waals surface area contributed by atoms with Gasteiger partial charge in [0, 0.05) is 26.2 Å². The van der Waals surface area contributed by atoms with Crippen LogP contribution >= 0.6 is 11.6 Å². The molecule has 31 heavy (non-hydrogen) atoms. The minimum absolute atomic E-state index is 0.0350. The Bertz CT molecular complexity index is 1030. The number of rotatable bonds is 3. The minimum Gasteiger partial charge on any atom is -0.339 e. The number of imide groups is 1. The van der Waals surface area contributed by atoms with Crippen molar-refractivity contribution in [2.75, 3.05) is 32.7 Å². The zero-order chi connectivity index (χ0) is 22.1. The number of hydrogen-bond acceptors (Lipinski definition) is 4. The lowest BCUT2D eigenvalue weighted by atomic mass is 10.1. The van der Waals surface area contributed by atoms with Crippen LogP contribution in [0.2, 0.25) is 5.02 Å². The predicted molar refractivity (Wildman–Crippen MR) is 110 cm³/mol. The monoisotopic (exact) mass is 443 g/mol. The van der Waals surface area contributed by atoms with Crippen molar-refractivity contribution < 1.29 is 23.6 Å². The molecule has 0 N–H and O–H groups in total. The zero-order valence-electron chi connectivity index (χ0n) is 16.5. The molecule has 0 radical (unpaired) electrons. The molecule has 0 bridgehead atoms. The number of benzene rings is 2. The van der Waals surface area contributed by atoms with Gasteiger partial charge in [0.2, 0.25) is 5.91 Å². The molecule has 7 nitrogen and oxygen atoms in total. The molecular formula is C22H19ClFN3O4.